The molecule has 1 aliphatic heterocycles. The molecule has 1 unspecified atom stereocenters. The van der Waals surface area contributed by atoms with Gasteiger partial charge in [0.2, 0.25) is 0 Å². The number of nitrogens with zero attached hydrogens (tertiary/aromatic N) is 1. The van der Waals surface area contributed by atoms with Crippen molar-refractivity contribution in [3.8, 4) is 0 Å². The number of hydrogen-bond acceptors (Lipinski definition) is 6. The average molecular weight is 308 g/mol. The molecule has 8 nitrogen and oxygen atoms in total. The van der Waals surface area contributed by atoms with E-state index in [1.54, 1.807) is 6.92 Å². The predicted molar refractivity (Wildman–Crippen MR) is 69.9 cm³/mol. The molecule has 1 fully saturated rings. The van der Waals surface area contributed by atoms with Crippen molar-refractivity contribution >= 4 is 22.1 Å². The minimum absolute atomic E-state index is 0.0648. The second kappa shape index (κ2) is 7.55. The Bertz CT molecular complexity index is 450. The lowest BCUT2D eigenvalue weighted by molar-refractivity contribution is -0.149. The number of nitrogens with one attached hydrogen (secondary N) is 1. The van der Waals surface area contributed by atoms with Gasteiger partial charge in [-0.05, 0) is 19.8 Å². The van der Waals surface area contributed by atoms with Gasteiger partial charge < -0.3 is 9.47 Å². The SMILES string of the molecule is CCOC(=O)C1CCCN(S(=O)(=O)NCC(=O)OC)C1. The van der Waals surface area contributed by atoms with E-state index < -0.39 is 28.6 Å². The van der Waals surface area contributed by atoms with Crippen LogP contribution >= 0.6 is 0 Å². The van der Waals surface area contributed by atoms with Gasteiger partial charge in [0.15, 0.2) is 0 Å². The third-order valence-corrected chi connectivity index (χ3v) is 4.49. The molecule has 1 saturated heterocycles. The second-order valence-electron chi connectivity index (χ2n) is 4.35. The molecule has 116 valence electrons. The van der Waals surface area contributed by atoms with Gasteiger partial charge in [0.05, 0.1) is 19.6 Å². The van der Waals surface area contributed by atoms with E-state index in [-0.39, 0.29) is 19.1 Å². The first-order chi connectivity index (χ1) is 9.40. The van der Waals surface area contributed by atoms with Crippen LogP contribution in [0.2, 0.25) is 0 Å². The zero-order chi connectivity index (χ0) is 15.2. The van der Waals surface area contributed by atoms with E-state index >= 15 is 0 Å². The number of methoxy groups -OCH3 is 1. The molecule has 1 N–H and O–H groups in total. The number of carbonyl (C=O) groups is 2. The average Bonchev–Trinajstić information content (AvgIpc) is 2.45. The smallest absolute Gasteiger partial charge is 0.320 e. The van der Waals surface area contributed by atoms with Crippen molar-refractivity contribution in [2.45, 2.75) is 19.8 Å². The molecule has 0 aromatic rings. The van der Waals surface area contributed by atoms with E-state index in [9.17, 15) is 18.0 Å². The summed E-state index contributed by atoms with van der Waals surface area (Å²) in [6, 6.07) is 0. The molecule has 0 aromatic heterocycles. The van der Waals surface area contributed by atoms with Gasteiger partial charge in [-0.1, -0.05) is 0 Å². The largest absolute Gasteiger partial charge is 0.468 e. The van der Waals surface area contributed by atoms with Gasteiger partial charge in [0.25, 0.3) is 10.2 Å². The summed E-state index contributed by atoms with van der Waals surface area (Å²) >= 11 is 0. The summed E-state index contributed by atoms with van der Waals surface area (Å²) in [5.74, 6) is -1.52. The molecule has 1 heterocycles. The first-order valence-corrected chi connectivity index (χ1v) is 7.83. The van der Waals surface area contributed by atoms with Gasteiger partial charge in [-0.3, -0.25) is 9.59 Å². The Morgan fingerprint density at radius 1 is 1.40 bits per heavy atom. The van der Waals surface area contributed by atoms with Gasteiger partial charge in [0, 0.05) is 13.1 Å². The lowest BCUT2D eigenvalue weighted by Crippen LogP contribution is -2.48. The third kappa shape index (κ3) is 4.73. The van der Waals surface area contributed by atoms with Crippen LogP contribution in [0.4, 0.5) is 0 Å². The molecule has 0 spiro atoms. The fourth-order valence-electron chi connectivity index (χ4n) is 1.93. The van der Waals surface area contributed by atoms with Gasteiger partial charge in [-0.15, -0.1) is 0 Å². The van der Waals surface area contributed by atoms with Crippen LogP contribution in [0.1, 0.15) is 19.8 Å². The molecular weight excluding hydrogens is 288 g/mol. The van der Waals surface area contributed by atoms with E-state index in [1.807, 2.05) is 0 Å². The Morgan fingerprint density at radius 3 is 2.70 bits per heavy atom. The molecule has 0 radical (unpaired) electrons. The van der Waals surface area contributed by atoms with Gasteiger partial charge in [-0.2, -0.15) is 17.4 Å². The first-order valence-electron chi connectivity index (χ1n) is 6.39. The monoisotopic (exact) mass is 308 g/mol. The number of hydrogen-bond donors (Lipinski definition) is 1. The standard InChI is InChI=1S/C11H20N2O6S/c1-3-19-11(15)9-5-4-6-13(8-9)20(16,17)12-7-10(14)18-2/h9,12H,3-8H2,1-2H3. The van der Waals surface area contributed by atoms with E-state index in [0.717, 1.165) is 4.31 Å². The quantitative estimate of drug-likeness (QED) is 0.649. The predicted octanol–water partition coefficient (Wildman–Crippen LogP) is -0.731. The summed E-state index contributed by atoms with van der Waals surface area (Å²) in [4.78, 5) is 22.6. The molecule has 0 aromatic carbocycles. The summed E-state index contributed by atoms with van der Waals surface area (Å²) < 4.78 is 36.5. The summed E-state index contributed by atoms with van der Waals surface area (Å²) in [5, 5.41) is 0. The maximum atomic E-state index is 12.0. The van der Waals surface area contributed by atoms with E-state index in [2.05, 4.69) is 9.46 Å². The summed E-state index contributed by atoms with van der Waals surface area (Å²) in [6.45, 7) is 1.91. The van der Waals surface area contributed by atoms with E-state index in [4.69, 9.17) is 4.74 Å². The summed E-state index contributed by atoms with van der Waals surface area (Å²) in [6.07, 6.45) is 1.17. The Hall–Kier alpha value is -1.19. The maximum Gasteiger partial charge on any atom is 0.320 e. The molecule has 0 bridgehead atoms. The number of carbonyl (C=O) groups excluding carboxylic acids is 2. The molecule has 0 saturated carbocycles. The van der Waals surface area contributed by atoms with Crippen molar-refractivity contribution < 1.29 is 27.5 Å². The van der Waals surface area contributed by atoms with Crippen LogP contribution in [0.25, 0.3) is 0 Å². The third-order valence-electron chi connectivity index (χ3n) is 2.97. The maximum absolute atomic E-state index is 12.0. The van der Waals surface area contributed by atoms with Gasteiger partial charge in [-0.25, -0.2) is 0 Å². The number of rotatable bonds is 6. The molecule has 0 amide bonds. The van der Waals surface area contributed by atoms with E-state index in [1.165, 1.54) is 7.11 Å². The van der Waals surface area contributed by atoms with Crippen LogP contribution in [-0.2, 0) is 29.3 Å². The fraction of sp³-hybridized carbons (Fsp3) is 0.818. The summed E-state index contributed by atoms with van der Waals surface area (Å²) in [5.41, 5.74) is 0. The first kappa shape index (κ1) is 16.9. The van der Waals surface area contributed by atoms with Crippen LogP contribution in [0.3, 0.4) is 0 Å². The highest BCUT2D eigenvalue weighted by molar-refractivity contribution is 7.87. The molecule has 1 rings (SSSR count). The molecule has 20 heavy (non-hydrogen) atoms. The normalized spacial score (nSPS) is 20.4. The highest BCUT2D eigenvalue weighted by Gasteiger charge is 2.33. The van der Waals surface area contributed by atoms with Crippen molar-refractivity contribution in [3.05, 3.63) is 0 Å². The number of ether oxygens (including phenoxy) is 2. The van der Waals surface area contributed by atoms with Crippen molar-refractivity contribution in [2.75, 3.05) is 33.4 Å². The van der Waals surface area contributed by atoms with Crippen molar-refractivity contribution in [1.82, 2.24) is 9.03 Å². The Balaban J connectivity index is 2.61. The lowest BCUT2D eigenvalue weighted by Gasteiger charge is -2.30. The Kier molecular flexibility index (Phi) is 6.37. The van der Waals surface area contributed by atoms with Gasteiger partial charge in [0.1, 0.15) is 6.54 Å². The van der Waals surface area contributed by atoms with Crippen LogP contribution in [-0.4, -0.2) is 58.0 Å². The number of esters is 2. The minimum atomic E-state index is -3.80. The van der Waals surface area contributed by atoms with Crippen LogP contribution in [0.15, 0.2) is 0 Å². The van der Waals surface area contributed by atoms with Crippen LogP contribution in [0.5, 0.6) is 0 Å². The zero-order valence-electron chi connectivity index (χ0n) is 11.6. The number of piperidine rings is 1. The van der Waals surface area contributed by atoms with Crippen molar-refractivity contribution in [3.63, 3.8) is 0 Å². The highest BCUT2D eigenvalue weighted by Crippen LogP contribution is 2.19. The molecule has 9 heteroatoms. The fourth-order valence-corrected chi connectivity index (χ4v) is 3.16. The molecule has 1 aliphatic rings. The van der Waals surface area contributed by atoms with Gasteiger partial charge >= 0.3 is 11.9 Å². The molecular formula is C11H20N2O6S. The topological polar surface area (TPSA) is 102 Å². The van der Waals surface area contributed by atoms with Crippen LogP contribution in [0, 0.1) is 5.92 Å². The molecule has 1 atom stereocenters. The van der Waals surface area contributed by atoms with E-state index in [0.29, 0.717) is 19.4 Å². The highest BCUT2D eigenvalue weighted by atomic mass is 32.2. The van der Waals surface area contributed by atoms with Crippen molar-refractivity contribution in [2.24, 2.45) is 5.92 Å². The minimum Gasteiger partial charge on any atom is -0.468 e. The second-order valence-corrected chi connectivity index (χ2v) is 6.11. The van der Waals surface area contributed by atoms with Crippen molar-refractivity contribution in [1.29, 1.82) is 0 Å². The zero-order valence-corrected chi connectivity index (χ0v) is 12.4. The lowest BCUT2D eigenvalue weighted by atomic mass is 10.0. The Morgan fingerprint density at radius 2 is 2.10 bits per heavy atom. The summed E-state index contributed by atoms with van der Waals surface area (Å²) in [7, 11) is -2.62. The van der Waals surface area contributed by atoms with Crippen LogP contribution < -0.4 is 4.72 Å². The molecule has 0 aliphatic carbocycles. The Labute approximate surface area is 118 Å².